The third-order valence-electron chi connectivity index (χ3n) is 20.1. The fourth-order valence-corrected chi connectivity index (χ4v) is 15.2. The van der Waals surface area contributed by atoms with Crippen LogP contribution < -0.4 is 4.90 Å². The molecule has 0 amide bonds. The van der Waals surface area contributed by atoms with Crippen molar-refractivity contribution in [1.29, 1.82) is 0 Å². The molecule has 0 spiro atoms. The van der Waals surface area contributed by atoms with E-state index in [-0.39, 0.29) is 10.8 Å². The molecule has 4 aliphatic rings. The molecule has 3 saturated carbocycles. The van der Waals surface area contributed by atoms with Gasteiger partial charge < -0.3 is 4.90 Å². The highest BCUT2D eigenvalue weighted by molar-refractivity contribution is 5.90. The minimum atomic E-state index is -0.528. The maximum absolute atomic E-state index is 2.70. The van der Waals surface area contributed by atoms with Crippen molar-refractivity contribution < 1.29 is 0 Å². The molecule has 0 aromatic heterocycles. The molecule has 78 heavy (non-hydrogen) atoms. The molecule has 1 nitrogen and oxygen atoms in total. The standard InChI is InChI=1S/C77H93N/c1-9-54-20-16-26-57(27-17-21-54)61-50-62(58-28-18-22-55(10-2)23-19-29-58)52-63(51-61)60-34-46-69(47-35-60)78(68-44-32-59(33-45-68)56-24-12-11-13-25-56)70-48-49-72-71-30-14-15-31-73(71)77(74(72)53-70,66-40-36-64(37-41-66)75(3,4)5)67-42-38-65(39-43-67)76(6,7)8/h14-15,30-58H,9-13,16-29H2,1-8H3. The fourth-order valence-electron chi connectivity index (χ4n) is 15.2. The second kappa shape index (κ2) is 23.2. The second-order valence-corrected chi connectivity index (χ2v) is 27.0. The van der Waals surface area contributed by atoms with Crippen LogP contribution in [0, 0.1) is 11.8 Å². The minimum Gasteiger partial charge on any atom is -0.310 e. The molecule has 0 unspecified atom stereocenters. The summed E-state index contributed by atoms with van der Waals surface area (Å²) in [5.74, 6) is 3.78. The molecule has 3 fully saturated rings. The summed E-state index contributed by atoms with van der Waals surface area (Å²) in [5.41, 5.74) is 21.3. The molecule has 0 bridgehead atoms. The lowest BCUT2D eigenvalue weighted by molar-refractivity contribution is 0.347. The third-order valence-corrected chi connectivity index (χ3v) is 20.1. The molecule has 0 atom stereocenters. The van der Waals surface area contributed by atoms with Crippen LogP contribution in [0.5, 0.6) is 0 Å². The van der Waals surface area contributed by atoms with Gasteiger partial charge in [-0.3, -0.25) is 0 Å². The van der Waals surface area contributed by atoms with Crippen molar-refractivity contribution in [2.75, 3.05) is 4.90 Å². The molecule has 7 aromatic rings. The summed E-state index contributed by atoms with van der Waals surface area (Å²) in [5, 5.41) is 0. The molecule has 0 N–H and O–H groups in total. The Bertz CT molecular complexity index is 2970. The highest BCUT2D eigenvalue weighted by atomic mass is 15.1. The van der Waals surface area contributed by atoms with E-state index in [1.807, 2.05) is 0 Å². The van der Waals surface area contributed by atoms with E-state index < -0.39 is 5.41 Å². The van der Waals surface area contributed by atoms with Gasteiger partial charge in [0.1, 0.15) is 0 Å². The number of nitrogens with zero attached hydrogens (tertiary/aromatic N) is 1. The van der Waals surface area contributed by atoms with E-state index in [0.29, 0.717) is 17.8 Å². The summed E-state index contributed by atoms with van der Waals surface area (Å²) in [4.78, 5) is 2.56. The number of hydrogen-bond acceptors (Lipinski definition) is 1. The molecular formula is C77H93N. The quantitative estimate of drug-likeness (QED) is 0.125. The number of benzene rings is 7. The predicted molar refractivity (Wildman–Crippen MR) is 336 cm³/mol. The molecule has 11 rings (SSSR count). The molecule has 0 aliphatic heterocycles. The van der Waals surface area contributed by atoms with Crippen LogP contribution in [0.3, 0.4) is 0 Å². The fraction of sp³-hybridized carbons (Fsp3) is 0.455. The van der Waals surface area contributed by atoms with E-state index in [2.05, 4.69) is 218 Å². The zero-order valence-electron chi connectivity index (χ0n) is 49.3. The first kappa shape index (κ1) is 54.3. The van der Waals surface area contributed by atoms with Crippen molar-refractivity contribution in [3.63, 3.8) is 0 Å². The predicted octanol–water partition coefficient (Wildman–Crippen LogP) is 22.8. The van der Waals surface area contributed by atoms with Crippen molar-refractivity contribution in [2.24, 2.45) is 11.8 Å². The van der Waals surface area contributed by atoms with E-state index in [0.717, 1.165) is 11.8 Å². The third kappa shape index (κ3) is 11.1. The van der Waals surface area contributed by atoms with E-state index >= 15 is 0 Å². The van der Waals surface area contributed by atoms with Crippen LogP contribution in [0.25, 0.3) is 22.3 Å². The summed E-state index contributed by atoms with van der Waals surface area (Å²) < 4.78 is 0. The Morgan fingerprint density at radius 1 is 0.372 bits per heavy atom. The monoisotopic (exact) mass is 1030 g/mol. The zero-order valence-corrected chi connectivity index (χ0v) is 49.3. The van der Waals surface area contributed by atoms with Gasteiger partial charge in [-0.05, 0) is 188 Å². The molecular weight excluding hydrogens is 939 g/mol. The topological polar surface area (TPSA) is 3.24 Å². The van der Waals surface area contributed by atoms with Crippen molar-refractivity contribution in [2.45, 2.75) is 211 Å². The van der Waals surface area contributed by atoms with Crippen LogP contribution in [-0.4, -0.2) is 0 Å². The van der Waals surface area contributed by atoms with Crippen LogP contribution in [0.15, 0.2) is 158 Å². The maximum atomic E-state index is 2.70. The van der Waals surface area contributed by atoms with E-state index in [1.54, 1.807) is 11.1 Å². The summed E-state index contributed by atoms with van der Waals surface area (Å²) in [6.07, 6.45) is 25.7. The van der Waals surface area contributed by atoms with Crippen molar-refractivity contribution in [3.8, 4) is 22.3 Å². The Labute approximate surface area is 472 Å². The van der Waals surface area contributed by atoms with Gasteiger partial charge in [0.2, 0.25) is 0 Å². The lowest BCUT2D eigenvalue weighted by Gasteiger charge is -2.36. The number of fused-ring (bicyclic) bond motifs is 3. The maximum Gasteiger partial charge on any atom is 0.0714 e. The lowest BCUT2D eigenvalue weighted by atomic mass is 9.67. The van der Waals surface area contributed by atoms with Gasteiger partial charge in [0.15, 0.2) is 0 Å². The SMILES string of the molecule is CCC1CCCC(c2cc(-c3ccc(N(c4ccc(C5CCCCC5)cc4)c4ccc5c(c4)C(c4ccc(C(C)(C)C)cc4)(c4ccc(C(C)(C)C)cc4)c4ccccc4-5)cc3)cc(C3CCCC(CC)CCC3)c2)CCC1. The van der Waals surface area contributed by atoms with Gasteiger partial charge in [-0.15, -0.1) is 0 Å². The van der Waals surface area contributed by atoms with Crippen LogP contribution >= 0.6 is 0 Å². The molecule has 4 aliphatic carbocycles. The smallest absolute Gasteiger partial charge is 0.0714 e. The van der Waals surface area contributed by atoms with Crippen LogP contribution in [0.4, 0.5) is 17.1 Å². The Kier molecular flexibility index (Phi) is 16.2. The van der Waals surface area contributed by atoms with Crippen molar-refractivity contribution in [3.05, 3.63) is 208 Å². The summed E-state index contributed by atoms with van der Waals surface area (Å²) in [7, 11) is 0. The molecule has 1 heteroatoms. The largest absolute Gasteiger partial charge is 0.310 e. The number of anilines is 3. The summed E-state index contributed by atoms with van der Waals surface area (Å²) >= 11 is 0. The average molecular weight is 1030 g/mol. The zero-order chi connectivity index (χ0) is 54.0. The highest BCUT2D eigenvalue weighted by Gasteiger charge is 2.47. The summed E-state index contributed by atoms with van der Waals surface area (Å²) in [6, 6.07) is 63.5. The average Bonchev–Trinajstić information content (AvgIpc) is 3.90. The first-order chi connectivity index (χ1) is 37.8. The molecule has 7 aromatic carbocycles. The van der Waals surface area contributed by atoms with Gasteiger partial charge in [-0.1, -0.05) is 260 Å². The lowest BCUT2D eigenvalue weighted by Crippen LogP contribution is -2.29. The normalized spacial score (nSPS) is 21.1. The molecule has 0 heterocycles. The Hall–Kier alpha value is -5.66. The van der Waals surface area contributed by atoms with Gasteiger partial charge in [-0.2, -0.15) is 0 Å². The molecule has 0 radical (unpaired) electrons. The Morgan fingerprint density at radius 3 is 1.29 bits per heavy atom. The van der Waals surface area contributed by atoms with Gasteiger partial charge >= 0.3 is 0 Å². The van der Waals surface area contributed by atoms with Gasteiger partial charge in [0.05, 0.1) is 5.41 Å². The van der Waals surface area contributed by atoms with Gasteiger partial charge in [0.25, 0.3) is 0 Å². The van der Waals surface area contributed by atoms with Crippen LogP contribution in [0.2, 0.25) is 0 Å². The molecule has 0 saturated heterocycles. The van der Waals surface area contributed by atoms with E-state index in [9.17, 15) is 0 Å². The second-order valence-electron chi connectivity index (χ2n) is 27.0. The first-order valence-electron chi connectivity index (χ1n) is 31.4. The Balaban J connectivity index is 1.04. The molecule has 406 valence electrons. The van der Waals surface area contributed by atoms with Gasteiger partial charge in [-0.25, -0.2) is 0 Å². The van der Waals surface area contributed by atoms with Crippen molar-refractivity contribution >= 4 is 17.1 Å². The summed E-state index contributed by atoms with van der Waals surface area (Å²) in [6.45, 7) is 18.8. The van der Waals surface area contributed by atoms with Crippen molar-refractivity contribution in [1.82, 2.24) is 0 Å². The van der Waals surface area contributed by atoms with E-state index in [1.165, 1.54) is 200 Å². The first-order valence-corrected chi connectivity index (χ1v) is 31.4. The van der Waals surface area contributed by atoms with Crippen LogP contribution in [0.1, 0.15) is 245 Å². The highest BCUT2D eigenvalue weighted by Crippen LogP contribution is 2.58. The Morgan fingerprint density at radius 2 is 0.808 bits per heavy atom. The van der Waals surface area contributed by atoms with Gasteiger partial charge in [0, 0.05) is 17.1 Å². The van der Waals surface area contributed by atoms with E-state index in [4.69, 9.17) is 0 Å². The number of rotatable bonds is 11. The number of hydrogen-bond donors (Lipinski definition) is 0. The minimum absolute atomic E-state index is 0.0477. The van der Waals surface area contributed by atoms with Crippen LogP contribution in [-0.2, 0) is 16.2 Å².